The van der Waals surface area contributed by atoms with Gasteiger partial charge in [-0.15, -0.1) is 0 Å². The first-order chi connectivity index (χ1) is 12.7. The summed E-state index contributed by atoms with van der Waals surface area (Å²) in [6.07, 6.45) is 2.27. The van der Waals surface area contributed by atoms with E-state index < -0.39 is 5.60 Å². The maximum atomic E-state index is 12.7. The Morgan fingerprint density at radius 3 is 2.93 bits per heavy atom. The maximum Gasteiger partial charge on any atom is 0.410 e. The molecule has 3 heterocycles. The summed E-state index contributed by atoms with van der Waals surface area (Å²) in [5.41, 5.74) is 0.151. The summed E-state index contributed by atoms with van der Waals surface area (Å²) < 4.78 is 7.03. The van der Waals surface area contributed by atoms with E-state index in [2.05, 4.69) is 10.3 Å². The Balaban J connectivity index is 1.65. The van der Waals surface area contributed by atoms with E-state index in [1.807, 2.05) is 31.7 Å². The van der Waals surface area contributed by atoms with Crippen LogP contribution in [-0.2, 0) is 4.74 Å². The van der Waals surface area contributed by atoms with Crippen molar-refractivity contribution in [1.82, 2.24) is 19.6 Å². The fourth-order valence-electron chi connectivity index (χ4n) is 3.93. The Morgan fingerprint density at radius 2 is 2.19 bits per heavy atom. The minimum Gasteiger partial charge on any atom is -0.493 e. The number of piperazine rings is 1. The lowest BCUT2D eigenvalue weighted by atomic mass is 10.0. The fraction of sp³-hybridized carbons (Fsp3) is 0.526. The number of aromatic nitrogens is 2. The van der Waals surface area contributed by atoms with Gasteiger partial charge in [0.2, 0.25) is 5.88 Å². The third-order valence-electron chi connectivity index (χ3n) is 5.21. The molecule has 2 aromatic heterocycles. The highest BCUT2D eigenvalue weighted by molar-refractivity contribution is 5.71. The quantitative estimate of drug-likeness (QED) is 0.787. The van der Waals surface area contributed by atoms with E-state index in [1.54, 1.807) is 12.3 Å². The van der Waals surface area contributed by atoms with Gasteiger partial charge in [0.25, 0.3) is 5.56 Å². The number of hydrogen-bond acceptors (Lipinski definition) is 6. The lowest BCUT2D eigenvalue weighted by Crippen LogP contribution is -2.57. The number of rotatable bonds is 1. The second kappa shape index (κ2) is 5.95. The molecule has 27 heavy (non-hydrogen) atoms. The first-order valence-electron chi connectivity index (χ1n) is 9.13. The molecule has 1 aliphatic heterocycles. The van der Waals surface area contributed by atoms with Crippen LogP contribution in [0, 0.1) is 0 Å². The molecule has 2 aromatic rings. The minimum absolute atomic E-state index is 0.114. The molecule has 2 unspecified atom stereocenters. The molecule has 0 bridgehead atoms. The van der Waals surface area contributed by atoms with E-state index in [-0.39, 0.29) is 29.0 Å². The number of hydrogen-bond donors (Lipinski definition) is 2. The van der Waals surface area contributed by atoms with Crippen LogP contribution in [-0.4, -0.2) is 56.3 Å². The second-order valence-corrected chi connectivity index (χ2v) is 8.31. The first kappa shape index (κ1) is 17.8. The molecule has 8 nitrogen and oxygen atoms in total. The van der Waals surface area contributed by atoms with Gasteiger partial charge in [0, 0.05) is 31.7 Å². The van der Waals surface area contributed by atoms with Gasteiger partial charge in [0.15, 0.2) is 0 Å². The van der Waals surface area contributed by atoms with Crippen molar-refractivity contribution in [3.8, 4) is 5.88 Å². The molecule has 1 saturated heterocycles. The van der Waals surface area contributed by atoms with Gasteiger partial charge in [-0.1, -0.05) is 6.07 Å². The van der Waals surface area contributed by atoms with Crippen molar-refractivity contribution < 1.29 is 14.6 Å². The van der Waals surface area contributed by atoms with Crippen LogP contribution in [0.25, 0.3) is 5.65 Å². The highest BCUT2D eigenvalue weighted by atomic mass is 16.6. The zero-order valence-corrected chi connectivity index (χ0v) is 15.7. The Labute approximate surface area is 156 Å². The molecule has 1 saturated carbocycles. The Kier molecular flexibility index (Phi) is 3.92. The van der Waals surface area contributed by atoms with Gasteiger partial charge < -0.3 is 15.2 Å². The SMILES string of the molecule is CC(C)(C)OC(=O)N1CCNCC12CC2c1ccc2nc(O)cc(=O)n2c1. The molecule has 2 atom stereocenters. The standard InChI is InChI=1S/C19H24N4O4/c1-18(2,3)27-17(26)23-7-6-20-11-19(23)9-13(19)12-4-5-14-21-15(24)8-16(25)22(14)10-12/h4-5,8,10,13,20,24H,6-7,9,11H2,1-3H3. The van der Waals surface area contributed by atoms with E-state index in [1.165, 1.54) is 4.40 Å². The molecule has 1 amide bonds. The average Bonchev–Trinajstić information content (AvgIpc) is 3.27. The Morgan fingerprint density at radius 1 is 1.41 bits per heavy atom. The number of pyridine rings is 1. The lowest BCUT2D eigenvalue weighted by Gasteiger charge is -2.38. The van der Waals surface area contributed by atoms with Crippen molar-refractivity contribution >= 4 is 11.7 Å². The summed E-state index contributed by atoms with van der Waals surface area (Å²) in [6, 6.07) is 4.72. The molecule has 8 heteroatoms. The van der Waals surface area contributed by atoms with Crippen molar-refractivity contribution in [3.63, 3.8) is 0 Å². The van der Waals surface area contributed by atoms with Gasteiger partial charge >= 0.3 is 6.09 Å². The van der Waals surface area contributed by atoms with Crippen LogP contribution in [0.15, 0.2) is 29.2 Å². The van der Waals surface area contributed by atoms with Crippen LogP contribution in [0.1, 0.15) is 38.7 Å². The second-order valence-electron chi connectivity index (χ2n) is 8.31. The smallest absolute Gasteiger partial charge is 0.410 e. The molecule has 1 spiro atoms. The lowest BCUT2D eigenvalue weighted by molar-refractivity contribution is 0.00750. The third kappa shape index (κ3) is 3.14. The summed E-state index contributed by atoms with van der Waals surface area (Å²) >= 11 is 0. The zero-order chi connectivity index (χ0) is 19.4. The summed E-state index contributed by atoms with van der Waals surface area (Å²) in [7, 11) is 0. The van der Waals surface area contributed by atoms with Gasteiger partial charge in [0.05, 0.1) is 11.6 Å². The largest absolute Gasteiger partial charge is 0.493 e. The summed E-state index contributed by atoms with van der Waals surface area (Å²) in [5, 5.41) is 12.9. The van der Waals surface area contributed by atoms with Crippen molar-refractivity contribution in [1.29, 1.82) is 0 Å². The van der Waals surface area contributed by atoms with Crippen LogP contribution >= 0.6 is 0 Å². The zero-order valence-electron chi connectivity index (χ0n) is 15.7. The molecule has 144 valence electrons. The number of fused-ring (bicyclic) bond motifs is 1. The first-order valence-corrected chi connectivity index (χ1v) is 9.13. The average molecular weight is 372 g/mol. The number of carbonyl (C=O) groups excluding carboxylic acids is 1. The molecule has 4 rings (SSSR count). The highest BCUT2D eigenvalue weighted by Gasteiger charge is 2.61. The molecular weight excluding hydrogens is 348 g/mol. The van der Waals surface area contributed by atoms with Gasteiger partial charge in [-0.2, -0.15) is 4.98 Å². The van der Waals surface area contributed by atoms with Gasteiger partial charge in [0.1, 0.15) is 11.2 Å². The Hall–Kier alpha value is -2.61. The molecule has 2 aliphatic rings. The van der Waals surface area contributed by atoms with E-state index >= 15 is 0 Å². The van der Waals surface area contributed by atoms with Crippen LogP contribution in [0.5, 0.6) is 5.88 Å². The van der Waals surface area contributed by atoms with E-state index in [4.69, 9.17) is 4.74 Å². The predicted molar refractivity (Wildman–Crippen MR) is 99.0 cm³/mol. The van der Waals surface area contributed by atoms with Crippen molar-refractivity contribution in [2.75, 3.05) is 19.6 Å². The number of carbonyl (C=O) groups is 1. The molecule has 0 radical (unpaired) electrons. The molecule has 0 aromatic carbocycles. The number of ether oxygens (including phenoxy) is 1. The van der Waals surface area contributed by atoms with Crippen LogP contribution in [0.2, 0.25) is 0 Å². The maximum absolute atomic E-state index is 12.7. The van der Waals surface area contributed by atoms with E-state index in [0.29, 0.717) is 18.7 Å². The predicted octanol–water partition coefficient (Wildman–Crippen LogP) is 1.47. The highest BCUT2D eigenvalue weighted by Crippen LogP contribution is 2.56. The van der Waals surface area contributed by atoms with Crippen LogP contribution in [0.4, 0.5) is 4.79 Å². The number of aromatic hydroxyl groups is 1. The van der Waals surface area contributed by atoms with Crippen LogP contribution in [0.3, 0.4) is 0 Å². The van der Waals surface area contributed by atoms with E-state index in [9.17, 15) is 14.7 Å². The normalized spacial score (nSPS) is 25.0. The van der Waals surface area contributed by atoms with Crippen molar-refractivity contribution in [2.45, 2.75) is 44.2 Å². The third-order valence-corrected chi connectivity index (χ3v) is 5.21. The van der Waals surface area contributed by atoms with Gasteiger partial charge in [-0.25, -0.2) is 4.79 Å². The number of nitrogens with one attached hydrogen (secondary N) is 1. The number of amides is 1. The molecule has 2 fully saturated rings. The Bertz CT molecular complexity index is 964. The summed E-state index contributed by atoms with van der Waals surface area (Å²) in [4.78, 5) is 30.7. The number of nitrogens with zero attached hydrogens (tertiary/aromatic N) is 3. The molecule has 1 aliphatic carbocycles. The van der Waals surface area contributed by atoms with Gasteiger partial charge in [-0.3, -0.25) is 14.1 Å². The molecular formula is C19H24N4O4. The van der Waals surface area contributed by atoms with E-state index in [0.717, 1.165) is 24.6 Å². The van der Waals surface area contributed by atoms with Crippen molar-refractivity contribution in [2.24, 2.45) is 0 Å². The molecule has 2 N–H and O–H groups in total. The fourth-order valence-corrected chi connectivity index (χ4v) is 3.93. The topological polar surface area (TPSA) is 96.2 Å². The van der Waals surface area contributed by atoms with Crippen molar-refractivity contribution in [3.05, 3.63) is 40.3 Å². The monoisotopic (exact) mass is 372 g/mol. The summed E-state index contributed by atoms with van der Waals surface area (Å²) in [5.74, 6) is -0.175. The van der Waals surface area contributed by atoms with Crippen LogP contribution < -0.4 is 10.9 Å². The minimum atomic E-state index is -0.544. The summed E-state index contributed by atoms with van der Waals surface area (Å²) in [6.45, 7) is 7.60. The van der Waals surface area contributed by atoms with Gasteiger partial charge in [-0.05, 0) is 38.8 Å².